The van der Waals surface area contributed by atoms with E-state index in [0.717, 1.165) is 24.6 Å². The molecule has 3 rings (SSSR count). The van der Waals surface area contributed by atoms with E-state index in [4.69, 9.17) is 4.74 Å². The Morgan fingerprint density at radius 2 is 1.81 bits per heavy atom. The summed E-state index contributed by atoms with van der Waals surface area (Å²) in [6.45, 7) is 1.63. The van der Waals surface area contributed by atoms with Crippen LogP contribution in [0.1, 0.15) is 0 Å². The van der Waals surface area contributed by atoms with Crippen LogP contribution in [0.15, 0.2) is 48.5 Å². The fourth-order valence-corrected chi connectivity index (χ4v) is 1.95. The minimum Gasteiger partial charge on any atom is -0.490 e. The molecule has 0 amide bonds. The zero-order valence-electron chi connectivity index (χ0n) is 8.94. The summed E-state index contributed by atoms with van der Waals surface area (Å²) in [4.78, 5) is 0. The summed E-state index contributed by atoms with van der Waals surface area (Å²) in [5.74, 6) is 0.950. The lowest BCUT2D eigenvalue weighted by Gasteiger charge is -2.19. The van der Waals surface area contributed by atoms with Crippen molar-refractivity contribution in [3.8, 4) is 16.9 Å². The number of hydrogen-bond acceptors (Lipinski definition) is 2. The highest BCUT2D eigenvalue weighted by Crippen LogP contribution is 2.32. The van der Waals surface area contributed by atoms with E-state index < -0.39 is 0 Å². The molecule has 0 unspecified atom stereocenters. The van der Waals surface area contributed by atoms with Crippen molar-refractivity contribution in [2.45, 2.75) is 0 Å². The van der Waals surface area contributed by atoms with Gasteiger partial charge < -0.3 is 10.1 Å². The molecule has 0 fully saturated rings. The molecule has 0 bridgehead atoms. The Balaban J connectivity index is 2.03. The maximum atomic E-state index is 5.55. The molecule has 0 radical (unpaired) electrons. The Hall–Kier alpha value is -1.96. The number of anilines is 1. The minimum absolute atomic E-state index is 0.748. The van der Waals surface area contributed by atoms with Gasteiger partial charge in [-0.2, -0.15) is 0 Å². The summed E-state index contributed by atoms with van der Waals surface area (Å²) >= 11 is 0. The number of ether oxygens (including phenoxy) is 1. The molecule has 0 aliphatic carbocycles. The number of hydrogen-bond donors (Lipinski definition) is 1. The summed E-state index contributed by atoms with van der Waals surface area (Å²) in [6, 6.07) is 16.6. The Kier molecular flexibility index (Phi) is 2.26. The molecule has 0 spiro atoms. The van der Waals surface area contributed by atoms with Crippen molar-refractivity contribution in [2.24, 2.45) is 0 Å². The number of fused-ring (bicyclic) bond motifs is 1. The molecule has 0 saturated carbocycles. The average molecular weight is 211 g/mol. The third kappa shape index (κ3) is 1.63. The van der Waals surface area contributed by atoms with Crippen LogP contribution in [0.3, 0.4) is 0 Å². The highest BCUT2D eigenvalue weighted by atomic mass is 16.5. The van der Waals surface area contributed by atoms with E-state index in [0.29, 0.717) is 0 Å². The molecular weight excluding hydrogens is 198 g/mol. The SMILES string of the molecule is c1ccc(-c2ccc3c(c2)NCCO3)cc1. The molecule has 1 N–H and O–H groups in total. The largest absolute Gasteiger partial charge is 0.490 e. The van der Waals surface area contributed by atoms with Crippen LogP contribution in [0.2, 0.25) is 0 Å². The van der Waals surface area contributed by atoms with Gasteiger partial charge in [-0.05, 0) is 23.3 Å². The molecule has 16 heavy (non-hydrogen) atoms. The van der Waals surface area contributed by atoms with Crippen LogP contribution >= 0.6 is 0 Å². The molecule has 2 nitrogen and oxygen atoms in total. The van der Waals surface area contributed by atoms with E-state index in [1.807, 2.05) is 12.1 Å². The second kappa shape index (κ2) is 3.89. The zero-order valence-corrected chi connectivity index (χ0v) is 8.94. The van der Waals surface area contributed by atoms with Crippen molar-refractivity contribution in [2.75, 3.05) is 18.5 Å². The maximum Gasteiger partial charge on any atom is 0.142 e. The number of benzene rings is 2. The van der Waals surface area contributed by atoms with Gasteiger partial charge in [0.25, 0.3) is 0 Å². The minimum atomic E-state index is 0.748. The number of nitrogens with one attached hydrogen (secondary N) is 1. The van der Waals surface area contributed by atoms with Crippen LogP contribution in [-0.4, -0.2) is 13.2 Å². The van der Waals surface area contributed by atoms with Gasteiger partial charge in [-0.15, -0.1) is 0 Å². The molecule has 1 heterocycles. The molecule has 2 aromatic carbocycles. The van der Waals surface area contributed by atoms with Crippen molar-refractivity contribution in [3.63, 3.8) is 0 Å². The smallest absolute Gasteiger partial charge is 0.142 e. The molecular formula is C14H13NO. The Morgan fingerprint density at radius 1 is 0.938 bits per heavy atom. The predicted molar refractivity (Wildman–Crippen MR) is 65.9 cm³/mol. The van der Waals surface area contributed by atoms with E-state index in [1.54, 1.807) is 0 Å². The van der Waals surface area contributed by atoms with Crippen LogP contribution in [-0.2, 0) is 0 Å². The Labute approximate surface area is 94.9 Å². The third-order valence-corrected chi connectivity index (χ3v) is 2.76. The number of rotatable bonds is 1. The van der Waals surface area contributed by atoms with Crippen LogP contribution in [0, 0.1) is 0 Å². The van der Waals surface area contributed by atoms with Gasteiger partial charge >= 0.3 is 0 Å². The standard InChI is InChI=1S/C14H13NO/c1-2-4-11(5-3-1)12-6-7-14-13(10-12)15-8-9-16-14/h1-7,10,15H,8-9H2. The van der Waals surface area contributed by atoms with Crippen molar-refractivity contribution in [3.05, 3.63) is 48.5 Å². The van der Waals surface area contributed by atoms with E-state index >= 15 is 0 Å². The predicted octanol–water partition coefficient (Wildman–Crippen LogP) is 3.16. The van der Waals surface area contributed by atoms with E-state index in [2.05, 4.69) is 41.7 Å². The first-order chi connectivity index (χ1) is 7.93. The van der Waals surface area contributed by atoms with Gasteiger partial charge in [0.1, 0.15) is 12.4 Å². The van der Waals surface area contributed by atoms with Crippen molar-refractivity contribution in [1.82, 2.24) is 0 Å². The van der Waals surface area contributed by atoms with Crippen molar-refractivity contribution < 1.29 is 4.74 Å². The molecule has 2 aromatic rings. The summed E-state index contributed by atoms with van der Waals surface area (Å²) in [5.41, 5.74) is 3.54. The average Bonchev–Trinajstić information content (AvgIpc) is 2.39. The molecule has 0 saturated heterocycles. The van der Waals surface area contributed by atoms with Gasteiger partial charge in [0, 0.05) is 6.54 Å². The van der Waals surface area contributed by atoms with Gasteiger partial charge in [-0.25, -0.2) is 0 Å². The summed E-state index contributed by atoms with van der Waals surface area (Å²) in [6.07, 6.45) is 0. The molecule has 0 atom stereocenters. The molecule has 80 valence electrons. The molecule has 0 aromatic heterocycles. The summed E-state index contributed by atoms with van der Waals surface area (Å²) in [7, 11) is 0. The first kappa shape index (κ1) is 9.28. The summed E-state index contributed by atoms with van der Waals surface area (Å²) in [5, 5.41) is 3.35. The zero-order chi connectivity index (χ0) is 10.8. The van der Waals surface area contributed by atoms with Crippen LogP contribution in [0.4, 0.5) is 5.69 Å². The second-order valence-corrected chi connectivity index (χ2v) is 3.85. The first-order valence-corrected chi connectivity index (χ1v) is 5.50. The van der Waals surface area contributed by atoms with Gasteiger partial charge in [-0.3, -0.25) is 0 Å². The Morgan fingerprint density at radius 3 is 2.69 bits per heavy atom. The monoisotopic (exact) mass is 211 g/mol. The Bertz CT molecular complexity index is 493. The first-order valence-electron chi connectivity index (χ1n) is 5.50. The van der Waals surface area contributed by atoms with Gasteiger partial charge in [-0.1, -0.05) is 36.4 Å². The van der Waals surface area contributed by atoms with E-state index in [9.17, 15) is 0 Å². The van der Waals surface area contributed by atoms with Crippen molar-refractivity contribution in [1.29, 1.82) is 0 Å². The molecule has 1 aliphatic rings. The van der Waals surface area contributed by atoms with Gasteiger partial charge in [0.05, 0.1) is 5.69 Å². The molecule has 1 aliphatic heterocycles. The highest BCUT2D eigenvalue weighted by Gasteiger charge is 2.09. The normalized spacial score (nSPS) is 13.5. The lowest BCUT2D eigenvalue weighted by molar-refractivity contribution is 0.323. The van der Waals surface area contributed by atoms with E-state index in [-0.39, 0.29) is 0 Å². The van der Waals surface area contributed by atoms with Gasteiger partial charge in [0.15, 0.2) is 0 Å². The third-order valence-electron chi connectivity index (χ3n) is 2.76. The van der Waals surface area contributed by atoms with Gasteiger partial charge in [0.2, 0.25) is 0 Å². The quantitative estimate of drug-likeness (QED) is 0.782. The molecule has 2 heteroatoms. The summed E-state index contributed by atoms with van der Waals surface area (Å²) < 4.78 is 5.55. The highest BCUT2D eigenvalue weighted by molar-refractivity contribution is 5.72. The lowest BCUT2D eigenvalue weighted by Crippen LogP contribution is -2.17. The topological polar surface area (TPSA) is 21.3 Å². The van der Waals surface area contributed by atoms with Crippen LogP contribution in [0.5, 0.6) is 5.75 Å². The van der Waals surface area contributed by atoms with Crippen LogP contribution < -0.4 is 10.1 Å². The fourth-order valence-electron chi connectivity index (χ4n) is 1.95. The van der Waals surface area contributed by atoms with E-state index in [1.165, 1.54) is 11.1 Å². The maximum absolute atomic E-state index is 5.55. The van der Waals surface area contributed by atoms with Crippen molar-refractivity contribution >= 4 is 5.69 Å². The lowest BCUT2D eigenvalue weighted by atomic mass is 10.0. The second-order valence-electron chi connectivity index (χ2n) is 3.85. The van der Waals surface area contributed by atoms with Crippen LogP contribution in [0.25, 0.3) is 11.1 Å². The fraction of sp³-hybridized carbons (Fsp3) is 0.143.